The molecule has 0 atom stereocenters. The zero-order chi connectivity index (χ0) is 13.4. The van der Waals surface area contributed by atoms with Crippen molar-refractivity contribution < 1.29 is 9.90 Å². The van der Waals surface area contributed by atoms with E-state index in [0.717, 1.165) is 0 Å². The first kappa shape index (κ1) is 12.6. The first-order valence-electron chi connectivity index (χ1n) is 5.37. The molecule has 5 nitrogen and oxygen atoms in total. The highest BCUT2D eigenvalue weighted by Gasteiger charge is 2.19. The molecule has 6 heteroatoms. The molecule has 94 valence electrons. The summed E-state index contributed by atoms with van der Waals surface area (Å²) < 4.78 is 1.49. The number of carboxylic acids is 1. The molecule has 0 amide bonds. The Morgan fingerprint density at radius 1 is 1.44 bits per heavy atom. The van der Waals surface area contributed by atoms with Gasteiger partial charge in [-0.3, -0.25) is 9.48 Å². The Kier molecular flexibility index (Phi) is 3.09. The van der Waals surface area contributed by atoms with Crippen molar-refractivity contribution >= 4 is 28.5 Å². The van der Waals surface area contributed by atoms with Crippen LogP contribution in [0.25, 0.3) is 10.9 Å². The maximum absolute atomic E-state index is 12.0. The van der Waals surface area contributed by atoms with Crippen LogP contribution in [0.15, 0.2) is 23.0 Å². The molecule has 0 radical (unpaired) electrons. The molecule has 0 bridgehead atoms. The van der Waals surface area contributed by atoms with E-state index in [0.29, 0.717) is 5.52 Å². The Morgan fingerprint density at radius 2 is 2.11 bits per heavy atom. The minimum Gasteiger partial charge on any atom is -0.476 e. The topological polar surface area (TPSA) is 72.2 Å². The number of nitrogens with zero attached hydrogens (tertiary/aromatic N) is 2. The van der Waals surface area contributed by atoms with Crippen molar-refractivity contribution in [2.75, 3.05) is 0 Å². The highest BCUT2D eigenvalue weighted by atomic mass is 35.5. The van der Waals surface area contributed by atoms with Crippen LogP contribution in [-0.4, -0.2) is 20.9 Å². The van der Waals surface area contributed by atoms with Crippen molar-refractivity contribution in [1.82, 2.24) is 9.78 Å². The summed E-state index contributed by atoms with van der Waals surface area (Å²) in [6.45, 7) is 3.70. The second kappa shape index (κ2) is 4.42. The lowest BCUT2D eigenvalue weighted by Gasteiger charge is -2.14. The molecule has 1 N–H and O–H groups in total. The second-order valence-electron chi connectivity index (χ2n) is 4.16. The van der Waals surface area contributed by atoms with Gasteiger partial charge in [0, 0.05) is 6.04 Å². The summed E-state index contributed by atoms with van der Waals surface area (Å²) in [4.78, 5) is 23.1. The largest absolute Gasteiger partial charge is 0.476 e. The van der Waals surface area contributed by atoms with E-state index in [9.17, 15) is 9.59 Å². The number of carboxylic acid groups (broad SMARTS) is 1. The van der Waals surface area contributed by atoms with E-state index in [-0.39, 0.29) is 16.5 Å². The van der Waals surface area contributed by atoms with E-state index in [1.165, 1.54) is 4.68 Å². The number of benzene rings is 1. The third kappa shape index (κ3) is 1.86. The van der Waals surface area contributed by atoms with Crippen LogP contribution in [0.4, 0.5) is 0 Å². The third-order valence-electron chi connectivity index (χ3n) is 2.58. The molecule has 0 spiro atoms. The lowest BCUT2D eigenvalue weighted by atomic mass is 10.2. The fraction of sp³-hybridized carbons (Fsp3) is 0.250. The molecule has 18 heavy (non-hydrogen) atoms. The van der Waals surface area contributed by atoms with Crippen molar-refractivity contribution in [2.24, 2.45) is 0 Å². The van der Waals surface area contributed by atoms with E-state index in [4.69, 9.17) is 16.7 Å². The van der Waals surface area contributed by atoms with Crippen LogP contribution in [-0.2, 0) is 0 Å². The summed E-state index contributed by atoms with van der Waals surface area (Å²) in [5, 5.41) is 13.3. The van der Waals surface area contributed by atoms with Crippen molar-refractivity contribution in [2.45, 2.75) is 19.9 Å². The molecule has 0 aliphatic carbocycles. The number of hydrogen-bond acceptors (Lipinski definition) is 3. The Labute approximate surface area is 108 Å². The monoisotopic (exact) mass is 266 g/mol. The summed E-state index contributed by atoms with van der Waals surface area (Å²) in [6, 6.07) is 4.87. The molecule has 0 aliphatic heterocycles. The molecule has 0 unspecified atom stereocenters. The Bertz CT molecular complexity index is 692. The second-order valence-corrected chi connectivity index (χ2v) is 4.56. The van der Waals surface area contributed by atoms with E-state index >= 15 is 0 Å². The zero-order valence-electron chi connectivity index (χ0n) is 9.85. The number of aromatic carboxylic acids is 1. The van der Waals surface area contributed by atoms with Crippen LogP contribution in [0, 0.1) is 0 Å². The molecular weight excluding hydrogens is 256 g/mol. The van der Waals surface area contributed by atoms with Crippen molar-refractivity contribution in [3.63, 3.8) is 0 Å². The molecule has 1 heterocycles. The Hall–Kier alpha value is -1.88. The Balaban J connectivity index is 3.03. The van der Waals surface area contributed by atoms with Gasteiger partial charge in [-0.2, -0.15) is 5.10 Å². The maximum atomic E-state index is 12.0. The molecular formula is C12H11ClN2O3. The van der Waals surface area contributed by atoms with Gasteiger partial charge in [0.25, 0.3) is 0 Å². The fourth-order valence-electron chi connectivity index (χ4n) is 1.79. The molecule has 2 rings (SSSR count). The standard InChI is InChI=1S/C12H11ClN2O3/c1-6(2)15-8-5-3-4-7(13)9(8)11(16)10(14-15)12(17)18/h3-6H,1-2H3,(H,17,18). The highest BCUT2D eigenvalue weighted by molar-refractivity contribution is 6.35. The van der Waals surface area contributed by atoms with Crippen LogP contribution in [0.3, 0.4) is 0 Å². The molecule has 1 aromatic heterocycles. The zero-order valence-corrected chi connectivity index (χ0v) is 10.6. The first-order valence-corrected chi connectivity index (χ1v) is 5.75. The molecule has 0 aliphatic rings. The van der Waals surface area contributed by atoms with Crippen LogP contribution in [0.1, 0.15) is 30.4 Å². The molecule has 2 aromatic rings. The summed E-state index contributed by atoms with van der Waals surface area (Å²) in [6.07, 6.45) is 0. The third-order valence-corrected chi connectivity index (χ3v) is 2.89. The average molecular weight is 267 g/mol. The van der Waals surface area contributed by atoms with Gasteiger partial charge >= 0.3 is 5.97 Å². The van der Waals surface area contributed by atoms with Gasteiger partial charge in [-0.05, 0) is 26.0 Å². The fourth-order valence-corrected chi connectivity index (χ4v) is 2.04. The van der Waals surface area contributed by atoms with E-state index in [1.807, 2.05) is 13.8 Å². The lowest BCUT2D eigenvalue weighted by Crippen LogP contribution is -2.24. The molecule has 0 saturated carbocycles. The quantitative estimate of drug-likeness (QED) is 0.905. The number of aromatic nitrogens is 2. The van der Waals surface area contributed by atoms with Crippen molar-refractivity contribution in [1.29, 1.82) is 0 Å². The maximum Gasteiger partial charge on any atom is 0.360 e. The van der Waals surface area contributed by atoms with E-state index < -0.39 is 17.1 Å². The van der Waals surface area contributed by atoms with Crippen LogP contribution < -0.4 is 5.43 Å². The first-order chi connectivity index (χ1) is 8.43. The normalized spacial score (nSPS) is 11.1. The van der Waals surface area contributed by atoms with Crippen LogP contribution in [0.5, 0.6) is 0 Å². The Morgan fingerprint density at radius 3 is 2.67 bits per heavy atom. The van der Waals surface area contributed by atoms with Crippen molar-refractivity contribution in [3.8, 4) is 0 Å². The predicted octanol–water partition coefficient (Wildman–Crippen LogP) is 2.33. The van der Waals surface area contributed by atoms with Gasteiger partial charge in [0.15, 0.2) is 0 Å². The summed E-state index contributed by atoms with van der Waals surface area (Å²) in [7, 11) is 0. The van der Waals surface area contributed by atoms with E-state index in [1.54, 1.807) is 18.2 Å². The molecule has 1 aromatic carbocycles. The predicted molar refractivity (Wildman–Crippen MR) is 68.4 cm³/mol. The minimum absolute atomic E-state index is 0.0790. The summed E-state index contributed by atoms with van der Waals surface area (Å²) in [5.41, 5.74) is -0.628. The number of carbonyl (C=O) groups is 1. The lowest BCUT2D eigenvalue weighted by molar-refractivity contribution is 0.0686. The number of fused-ring (bicyclic) bond motifs is 1. The smallest absolute Gasteiger partial charge is 0.360 e. The highest BCUT2D eigenvalue weighted by Crippen LogP contribution is 2.21. The van der Waals surface area contributed by atoms with Gasteiger partial charge in [0.1, 0.15) is 0 Å². The minimum atomic E-state index is -1.35. The average Bonchev–Trinajstić information content (AvgIpc) is 2.28. The summed E-state index contributed by atoms with van der Waals surface area (Å²) >= 11 is 5.98. The van der Waals surface area contributed by atoms with Gasteiger partial charge in [-0.15, -0.1) is 0 Å². The van der Waals surface area contributed by atoms with Crippen LogP contribution in [0.2, 0.25) is 5.02 Å². The molecule has 0 fully saturated rings. The summed E-state index contributed by atoms with van der Waals surface area (Å²) in [5.74, 6) is -1.35. The molecule has 0 saturated heterocycles. The number of halogens is 1. The van der Waals surface area contributed by atoms with Crippen LogP contribution >= 0.6 is 11.6 Å². The van der Waals surface area contributed by atoms with Crippen molar-refractivity contribution in [3.05, 3.63) is 39.1 Å². The van der Waals surface area contributed by atoms with Gasteiger partial charge in [-0.25, -0.2) is 4.79 Å². The van der Waals surface area contributed by atoms with Gasteiger partial charge in [0.05, 0.1) is 15.9 Å². The number of hydrogen-bond donors (Lipinski definition) is 1. The number of rotatable bonds is 2. The van der Waals surface area contributed by atoms with Gasteiger partial charge in [0.2, 0.25) is 11.1 Å². The van der Waals surface area contributed by atoms with Gasteiger partial charge < -0.3 is 5.11 Å². The SMILES string of the molecule is CC(C)n1nc(C(=O)O)c(=O)c2c(Cl)cccc21. The van der Waals surface area contributed by atoms with Gasteiger partial charge in [-0.1, -0.05) is 17.7 Å². The van der Waals surface area contributed by atoms with E-state index in [2.05, 4.69) is 5.10 Å².